The number of piperidine rings is 1. The second kappa shape index (κ2) is 8.96. The van der Waals surface area contributed by atoms with Crippen LogP contribution in [0, 0.1) is 17.3 Å². The lowest BCUT2D eigenvalue weighted by Crippen LogP contribution is -2.44. The number of rotatable bonds is 7. The van der Waals surface area contributed by atoms with Crippen molar-refractivity contribution in [2.75, 3.05) is 26.2 Å². The zero-order chi connectivity index (χ0) is 20.2. The van der Waals surface area contributed by atoms with Crippen molar-refractivity contribution in [1.29, 1.82) is 0 Å². The molecule has 1 aliphatic rings. The number of hydrogen-bond acceptors (Lipinski definition) is 3. The molecule has 1 N–H and O–H groups in total. The Labute approximate surface area is 167 Å². The molecule has 0 amide bonds. The number of aliphatic hydroxyl groups excluding tert-OH is 1. The highest BCUT2D eigenvalue weighted by Gasteiger charge is 2.27. The summed E-state index contributed by atoms with van der Waals surface area (Å²) in [6.07, 6.45) is 1.98. The van der Waals surface area contributed by atoms with Crippen molar-refractivity contribution in [2.24, 2.45) is 17.3 Å². The lowest BCUT2D eigenvalue weighted by Gasteiger charge is -2.36. The maximum Gasteiger partial charge on any atom is 0.119 e. The fourth-order valence-corrected chi connectivity index (χ4v) is 4.91. The number of ether oxygens (including phenoxy) is 1. The number of aliphatic hydroxyl groups is 1. The van der Waals surface area contributed by atoms with Crippen LogP contribution in [-0.4, -0.2) is 42.4 Å². The first-order valence-corrected chi connectivity index (χ1v) is 10.6. The summed E-state index contributed by atoms with van der Waals surface area (Å²) < 4.78 is 5.85. The lowest BCUT2D eigenvalue weighted by atomic mass is 9.72. The normalized spacial score (nSPS) is 23.3. The molecule has 3 atom stereocenters. The molecule has 3 nitrogen and oxygen atoms in total. The van der Waals surface area contributed by atoms with Gasteiger partial charge in [-0.3, -0.25) is 0 Å². The Bertz CT molecular complexity index is 563. The summed E-state index contributed by atoms with van der Waals surface area (Å²) in [6, 6.07) is 8.41. The molecule has 1 aromatic rings. The van der Waals surface area contributed by atoms with Gasteiger partial charge in [-0.2, -0.15) is 0 Å². The first-order valence-electron chi connectivity index (χ1n) is 10.6. The lowest BCUT2D eigenvalue weighted by molar-refractivity contribution is 0.0429. The van der Waals surface area contributed by atoms with Gasteiger partial charge in [0.2, 0.25) is 0 Å². The fraction of sp³-hybridized carbons (Fsp3) is 0.750. The van der Waals surface area contributed by atoms with E-state index in [2.05, 4.69) is 65.5 Å². The van der Waals surface area contributed by atoms with E-state index in [9.17, 15) is 5.11 Å². The van der Waals surface area contributed by atoms with Gasteiger partial charge in [0.25, 0.3) is 0 Å². The van der Waals surface area contributed by atoms with E-state index in [1.54, 1.807) is 0 Å². The van der Waals surface area contributed by atoms with E-state index < -0.39 is 6.10 Å². The van der Waals surface area contributed by atoms with E-state index in [-0.39, 0.29) is 5.41 Å². The predicted molar refractivity (Wildman–Crippen MR) is 114 cm³/mol. The summed E-state index contributed by atoms with van der Waals surface area (Å²) in [5.41, 5.74) is 1.77. The average Bonchev–Trinajstić information content (AvgIpc) is 2.50. The van der Waals surface area contributed by atoms with E-state index in [4.69, 9.17) is 4.74 Å². The van der Waals surface area contributed by atoms with Crippen LogP contribution in [0.2, 0.25) is 0 Å². The summed E-state index contributed by atoms with van der Waals surface area (Å²) >= 11 is 0. The number of benzene rings is 1. The Morgan fingerprint density at radius 1 is 1.04 bits per heavy atom. The van der Waals surface area contributed by atoms with Gasteiger partial charge in [-0.15, -0.1) is 0 Å². The standard InChI is InChI=1S/C24H41NO2/c1-18-12-19(2)14-25(13-18)15-21(26)16-27-22-10-8-20(9-11-22)24(6,7)17-23(3,4)5/h8-11,18-19,21,26H,12-17H2,1-7H3/t18-,19-,21+/m1/s1. The summed E-state index contributed by atoms with van der Waals surface area (Å²) in [7, 11) is 0. The molecule has 154 valence electrons. The van der Waals surface area contributed by atoms with Gasteiger partial charge in [-0.25, -0.2) is 0 Å². The van der Waals surface area contributed by atoms with Gasteiger partial charge in [0.15, 0.2) is 0 Å². The summed E-state index contributed by atoms with van der Waals surface area (Å²) in [5.74, 6) is 2.27. The van der Waals surface area contributed by atoms with E-state index >= 15 is 0 Å². The van der Waals surface area contributed by atoms with E-state index in [1.807, 2.05) is 12.1 Å². The Morgan fingerprint density at radius 3 is 2.11 bits per heavy atom. The van der Waals surface area contributed by atoms with Gasteiger partial charge in [-0.05, 0) is 53.2 Å². The number of β-amino-alcohol motifs (C(OH)–C–C–N with tert-alkyl or cyclic N) is 1. The van der Waals surface area contributed by atoms with Gasteiger partial charge in [0.05, 0.1) is 0 Å². The Kier molecular flexibility index (Phi) is 7.38. The SMILES string of the molecule is C[C@@H]1C[C@@H](C)CN(C[C@H](O)COc2ccc(C(C)(C)CC(C)(C)C)cc2)C1. The van der Waals surface area contributed by atoms with Gasteiger partial charge < -0.3 is 14.7 Å². The average molecular weight is 376 g/mol. The van der Waals surface area contributed by atoms with Gasteiger partial charge >= 0.3 is 0 Å². The molecule has 0 bridgehead atoms. The van der Waals surface area contributed by atoms with Gasteiger partial charge in [0, 0.05) is 19.6 Å². The van der Waals surface area contributed by atoms with Crippen molar-refractivity contribution in [1.82, 2.24) is 4.90 Å². The van der Waals surface area contributed by atoms with Crippen LogP contribution in [-0.2, 0) is 5.41 Å². The zero-order valence-electron chi connectivity index (χ0n) is 18.6. The van der Waals surface area contributed by atoms with Crippen molar-refractivity contribution in [3.63, 3.8) is 0 Å². The van der Waals surface area contributed by atoms with Crippen LogP contribution in [0.1, 0.15) is 66.9 Å². The molecule has 0 aromatic heterocycles. The third kappa shape index (κ3) is 7.46. The van der Waals surface area contributed by atoms with Crippen LogP contribution in [0.25, 0.3) is 0 Å². The smallest absolute Gasteiger partial charge is 0.119 e. The van der Waals surface area contributed by atoms with Gasteiger partial charge in [-0.1, -0.05) is 60.6 Å². The van der Waals surface area contributed by atoms with E-state index in [1.165, 1.54) is 12.0 Å². The molecular formula is C24H41NO2. The quantitative estimate of drug-likeness (QED) is 0.718. The molecule has 0 saturated carbocycles. The molecule has 0 unspecified atom stereocenters. The molecule has 0 radical (unpaired) electrons. The molecular weight excluding hydrogens is 334 g/mol. The third-order valence-corrected chi connectivity index (χ3v) is 5.46. The number of likely N-dealkylation sites (tertiary alicyclic amines) is 1. The van der Waals surface area contributed by atoms with Crippen molar-refractivity contribution in [3.05, 3.63) is 29.8 Å². The minimum absolute atomic E-state index is 0.137. The minimum atomic E-state index is -0.445. The molecule has 0 aliphatic carbocycles. The molecule has 1 aliphatic heterocycles. The minimum Gasteiger partial charge on any atom is -0.491 e. The van der Waals surface area contributed by atoms with Crippen molar-refractivity contribution in [2.45, 2.75) is 72.8 Å². The zero-order valence-corrected chi connectivity index (χ0v) is 18.6. The summed E-state index contributed by atoms with van der Waals surface area (Å²) in [5, 5.41) is 10.4. The first kappa shape index (κ1) is 22.2. The molecule has 1 heterocycles. The highest BCUT2D eigenvalue weighted by atomic mass is 16.5. The van der Waals surface area contributed by atoms with Crippen LogP contribution in [0.15, 0.2) is 24.3 Å². The topological polar surface area (TPSA) is 32.7 Å². The molecule has 0 spiro atoms. The van der Waals surface area contributed by atoms with Crippen LogP contribution in [0.5, 0.6) is 5.75 Å². The van der Waals surface area contributed by atoms with Crippen molar-refractivity contribution >= 4 is 0 Å². The largest absolute Gasteiger partial charge is 0.491 e. The highest BCUT2D eigenvalue weighted by molar-refractivity contribution is 5.31. The summed E-state index contributed by atoms with van der Waals surface area (Å²) in [4.78, 5) is 2.38. The fourth-order valence-electron chi connectivity index (χ4n) is 4.91. The van der Waals surface area contributed by atoms with Crippen molar-refractivity contribution in [3.8, 4) is 5.75 Å². The Hall–Kier alpha value is -1.06. The molecule has 27 heavy (non-hydrogen) atoms. The highest BCUT2D eigenvalue weighted by Crippen LogP contribution is 2.36. The second-order valence-corrected chi connectivity index (χ2v) is 10.8. The number of nitrogens with zero attached hydrogens (tertiary/aromatic N) is 1. The van der Waals surface area contributed by atoms with Crippen LogP contribution < -0.4 is 4.74 Å². The maximum atomic E-state index is 10.4. The molecule has 2 rings (SSSR count). The number of hydrogen-bond donors (Lipinski definition) is 1. The van der Waals surface area contributed by atoms with Crippen LogP contribution >= 0.6 is 0 Å². The maximum absolute atomic E-state index is 10.4. The first-order chi connectivity index (χ1) is 12.4. The monoisotopic (exact) mass is 375 g/mol. The van der Waals surface area contributed by atoms with Crippen LogP contribution in [0.3, 0.4) is 0 Å². The predicted octanol–water partition coefficient (Wildman–Crippen LogP) is 5.12. The van der Waals surface area contributed by atoms with Crippen LogP contribution in [0.4, 0.5) is 0 Å². The molecule has 1 saturated heterocycles. The van der Waals surface area contributed by atoms with E-state index in [0.717, 1.165) is 25.3 Å². The second-order valence-electron chi connectivity index (χ2n) is 10.8. The van der Waals surface area contributed by atoms with Gasteiger partial charge in [0.1, 0.15) is 18.5 Å². The Morgan fingerprint density at radius 2 is 1.59 bits per heavy atom. The van der Waals surface area contributed by atoms with E-state index in [0.29, 0.717) is 30.4 Å². The molecule has 1 fully saturated rings. The van der Waals surface area contributed by atoms with Crippen molar-refractivity contribution < 1.29 is 9.84 Å². The third-order valence-electron chi connectivity index (χ3n) is 5.46. The molecule has 1 aromatic carbocycles. The molecule has 3 heteroatoms. The summed E-state index contributed by atoms with van der Waals surface area (Å²) in [6.45, 7) is 19.3. The Balaban J connectivity index is 1.84.